The van der Waals surface area contributed by atoms with Crippen molar-refractivity contribution < 1.29 is 9.84 Å². The molecule has 0 aliphatic carbocycles. The van der Waals surface area contributed by atoms with Gasteiger partial charge in [-0.05, 0) is 37.0 Å². The normalized spacial score (nSPS) is 13.3. The number of diazo groups is 1. The van der Waals surface area contributed by atoms with Gasteiger partial charge in [0.1, 0.15) is 5.75 Å². The number of rotatable bonds is 7. The number of aliphatic hydroxyl groups is 1. The second-order valence-electron chi connectivity index (χ2n) is 4.94. The lowest BCUT2D eigenvalue weighted by Crippen LogP contribution is -2.07. The summed E-state index contributed by atoms with van der Waals surface area (Å²) in [5.41, 5.74) is 1.51. The molecule has 1 aromatic rings. The minimum Gasteiger partial charge on any atom is -0.505 e. The molecule has 0 fully saturated rings. The summed E-state index contributed by atoms with van der Waals surface area (Å²) in [4.78, 5) is 3.08. The second kappa shape index (κ2) is 8.21. The molecular weight excluding hydrogens is 252 g/mol. The van der Waals surface area contributed by atoms with E-state index in [9.17, 15) is 5.11 Å². The number of hydrogen-bond donors (Lipinski definition) is 1. The first kappa shape index (κ1) is 16.0. The lowest BCUT2D eigenvalue weighted by atomic mass is 9.92. The van der Waals surface area contributed by atoms with Crippen molar-refractivity contribution in [2.75, 3.05) is 7.11 Å². The van der Waals surface area contributed by atoms with Crippen LogP contribution in [-0.2, 0) is 6.42 Å². The van der Waals surface area contributed by atoms with E-state index < -0.39 is 0 Å². The summed E-state index contributed by atoms with van der Waals surface area (Å²) in [5, 5.41) is 18.8. The maximum absolute atomic E-state index is 10.1. The third kappa shape index (κ3) is 4.58. The summed E-state index contributed by atoms with van der Waals surface area (Å²) in [6.45, 7) is 3.70. The molecule has 1 aromatic carbocycles. The predicted octanol–water partition coefficient (Wildman–Crippen LogP) is 4.69. The molecule has 1 N–H and O–H groups in total. The van der Waals surface area contributed by atoms with Gasteiger partial charge >= 0.3 is 5.70 Å². The van der Waals surface area contributed by atoms with Crippen LogP contribution in [0.25, 0.3) is 4.98 Å². The average molecular weight is 275 g/mol. The Bertz CT molecular complexity index is 486. The topological polar surface area (TPSA) is 57.6 Å². The van der Waals surface area contributed by atoms with Crippen molar-refractivity contribution in [1.29, 1.82) is 5.39 Å². The van der Waals surface area contributed by atoms with Crippen molar-refractivity contribution in [2.45, 2.75) is 39.5 Å². The van der Waals surface area contributed by atoms with Crippen molar-refractivity contribution in [2.24, 2.45) is 5.92 Å². The number of ether oxygens (including phenoxy) is 1. The molecule has 0 aliphatic heterocycles. The predicted molar refractivity (Wildman–Crippen MR) is 80.1 cm³/mol. The summed E-state index contributed by atoms with van der Waals surface area (Å²) in [7, 11) is 1.65. The standard InChI is InChI=1S/C16H22N2O2/c1-4-5-14(16(19)12(2)18-17)9-6-13-7-10-15(20-3)11-8-13/h7-8,10-11,14H,4-6,9H2,1-3H3/p+1/b16-12+. The number of benzene rings is 1. The Morgan fingerprint density at radius 3 is 2.45 bits per heavy atom. The van der Waals surface area contributed by atoms with Crippen LogP contribution < -0.4 is 4.74 Å². The fourth-order valence-electron chi connectivity index (χ4n) is 2.25. The van der Waals surface area contributed by atoms with Gasteiger partial charge in [0.15, 0.2) is 10.7 Å². The fourth-order valence-corrected chi connectivity index (χ4v) is 2.25. The Hall–Kier alpha value is -2.02. The molecule has 108 valence electrons. The number of hydrogen-bond acceptors (Lipinski definition) is 3. The Balaban J connectivity index is 2.69. The number of aliphatic hydroxyl groups excluding tert-OH is 1. The van der Waals surface area contributed by atoms with Gasteiger partial charge in [-0.25, -0.2) is 0 Å². The van der Waals surface area contributed by atoms with Crippen LogP contribution in [0.5, 0.6) is 5.75 Å². The van der Waals surface area contributed by atoms with E-state index in [0.29, 0.717) is 5.70 Å². The van der Waals surface area contributed by atoms with E-state index in [-0.39, 0.29) is 11.7 Å². The van der Waals surface area contributed by atoms with Gasteiger partial charge in [0.25, 0.3) is 0 Å². The van der Waals surface area contributed by atoms with Crippen LogP contribution in [0.2, 0.25) is 0 Å². The van der Waals surface area contributed by atoms with E-state index in [0.717, 1.165) is 31.4 Å². The molecule has 0 amide bonds. The van der Waals surface area contributed by atoms with Gasteiger partial charge < -0.3 is 9.84 Å². The molecule has 20 heavy (non-hydrogen) atoms. The first-order chi connectivity index (χ1) is 9.62. The average Bonchev–Trinajstić information content (AvgIpc) is 2.50. The van der Waals surface area contributed by atoms with Crippen molar-refractivity contribution in [3.8, 4) is 5.75 Å². The number of aryl methyl sites for hydroxylation is 1. The summed E-state index contributed by atoms with van der Waals surface area (Å²) >= 11 is 0. The molecule has 1 unspecified atom stereocenters. The van der Waals surface area contributed by atoms with Crippen LogP contribution in [0.3, 0.4) is 0 Å². The van der Waals surface area contributed by atoms with Crippen LogP contribution in [0.4, 0.5) is 0 Å². The summed E-state index contributed by atoms with van der Waals surface area (Å²) in [5.74, 6) is 1.08. The molecule has 0 aliphatic rings. The van der Waals surface area contributed by atoms with Crippen molar-refractivity contribution in [3.05, 3.63) is 46.3 Å². The molecule has 0 aromatic heterocycles. The number of methoxy groups -OCH3 is 1. The van der Waals surface area contributed by atoms with Crippen LogP contribution >= 0.6 is 0 Å². The maximum Gasteiger partial charge on any atom is 0.395 e. The quantitative estimate of drug-likeness (QED) is 0.580. The SMILES string of the molecule is CCCC(CCc1ccc(OC)cc1)/C(O)=C(/C)[N+]#N. The minimum atomic E-state index is 0.0398. The van der Waals surface area contributed by atoms with Crippen LogP contribution in [0, 0.1) is 11.3 Å². The van der Waals surface area contributed by atoms with E-state index in [1.54, 1.807) is 14.0 Å². The zero-order chi connectivity index (χ0) is 15.0. The van der Waals surface area contributed by atoms with Crippen molar-refractivity contribution >= 4 is 0 Å². The first-order valence-corrected chi connectivity index (χ1v) is 7.00. The second-order valence-corrected chi connectivity index (χ2v) is 4.94. The van der Waals surface area contributed by atoms with Crippen molar-refractivity contribution in [1.82, 2.24) is 0 Å². The smallest absolute Gasteiger partial charge is 0.395 e. The fraction of sp³-hybridized carbons (Fsp3) is 0.500. The van der Waals surface area contributed by atoms with Gasteiger partial charge in [0, 0.05) is 12.8 Å². The molecule has 4 nitrogen and oxygen atoms in total. The Morgan fingerprint density at radius 2 is 1.95 bits per heavy atom. The summed E-state index contributed by atoms with van der Waals surface area (Å²) in [6, 6.07) is 7.94. The van der Waals surface area contributed by atoms with E-state index >= 15 is 0 Å². The Labute approximate surface area is 120 Å². The van der Waals surface area contributed by atoms with Gasteiger partial charge in [-0.1, -0.05) is 25.5 Å². The largest absolute Gasteiger partial charge is 0.505 e. The van der Waals surface area contributed by atoms with E-state index in [1.807, 2.05) is 24.3 Å². The van der Waals surface area contributed by atoms with E-state index in [4.69, 9.17) is 10.1 Å². The third-order valence-electron chi connectivity index (χ3n) is 3.49. The number of nitrogens with zero attached hydrogens (tertiary/aromatic N) is 2. The zero-order valence-corrected chi connectivity index (χ0v) is 12.5. The van der Waals surface area contributed by atoms with E-state index in [2.05, 4.69) is 11.9 Å². The molecular formula is C16H23N2O2+. The van der Waals surface area contributed by atoms with Crippen LogP contribution in [0.15, 0.2) is 35.7 Å². The molecule has 1 atom stereocenters. The van der Waals surface area contributed by atoms with E-state index in [1.165, 1.54) is 5.56 Å². The first-order valence-electron chi connectivity index (χ1n) is 7.00. The highest BCUT2D eigenvalue weighted by atomic mass is 16.5. The highest BCUT2D eigenvalue weighted by Gasteiger charge is 2.21. The highest BCUT2D eigenvalue weighted by molar-refractivity contribution is 5.27. The van der Waals surface area contributed by atoms with Crippen molar-refractivity contribution in [3.63, 3.8) is 0 Å². The molecule has 1 rings (SSSR count). The number of allylic oxidation sites excluding steroid dienone is 2. The van der Waals surface area contributed by atoms with Crippen LogP contribution in [0.1, 0.15) is 38.7 Å². The monoisotopic (exact) mass is 275 g/mol. The lowest BCUT2D eigenvalue weighted by Gasteiger charge is -2.13. The summed E-state index contributed by atoms with van der Waals surface area (Å²) < 4.78 is 5.13. The lowest BCUT2D eigenvalue weighted by molar-refractivity contribution is 0.301. The minimum absolute atomic E-state index is 0.0398. The Kier molecular flexibility index (Phi) is 6.58. The Morgan fingerprint density at radius 1 is 1.30 bits per heavy atom. The molecule has 0 saturated heterocycles. The van der Waals surface area contributed by atoms with Gasteiger partial charge in [-0.15, -0.1) is 0 Å². The zero-order valence-electron chi connectivity index (χ0n) is 12.5. The van der Waals surface area contributed by atoms with Gasteiger partial charge in [0.2, 0.25) is 5.39 Å². The summed E-state index contributed by atoms with van der Waals surface area (Å²) in [6.07, 6.45) is 3.57. The molecule has 0 radical (unpaired) electrons. The van der Waals surface area contributed by atoms with Gasteiger partial charge in [-0.3, -0.25) is 0 Å². The third-order valence-corrected chi connectivity index (χ3v) is 3.49. The van der Waals surface area contributed by atoms with Gasteiger partial charge in [-0.2, -0.15) is 0 Å². The molecule has 4 heteroatoms. The molecule has 0 heterocycles. The van der Waals surface area contributed by atoms with Gasteiger partial charge in [0.05, 0.1) is 7.11 Å². The maximum atomic E-state index is 10.1. The molecule has 0 saturated carbocycles. The van der Waals surface area contributed by atoms with Crippen LogP contribution in [-0.4, -0.2) is 12.2 Å². The molecule has 0 spiro atoms. The highest BCUT2D eigenvalue weighted by Crippen LogP contribution is 2.24. The molecule has 0 bridgehead atoms.